The van der Waals surface area contributed by atoms with E-state index in [0.717, 1.165) is 12.1 Å². The summed E-state index contributed by atoms with van der Waals surface area (Å²) in [6, 6.07) is 3.39. The molecule has 1 saturated heterocycles. The zero-order chi connectivity index (χ0) is 21.8. The Balaban J connectivity index is 2.22. The van der Waals surface area contributed by atoms with Crippen molar-refractivity contribution in [3.63, 3.8) is 0 Å². The molecule has 1 aliphatic rings. The minimum atomic E-state index is -4.48. The Labute approximate surface area is 168 Å². The number of methoxy groups -OCH3 is 1. The molecule has 0 saturated carbocycles. The van der Waals surface area contributed by atoms with E-state index in [4.69, 9.17) is 4.74 Å². The molecule has 1 heterocycles. The van der Waals surface area contributed by atoms with Crippen LogP contribution in [0.3, 0.4) is 0 Å². The van der Waals surface area contributed by atoms with Crippen LogP contribution in [-0.2, 0) is 25.2 Å². The van der Waals surface area contributed by atoms with Gasteiger partial charge in [0.15, 0.2) is 0 Å². The Hall–Kier alpha value is -2.51. The van der Waals surface area contributed by atoms with Crippen LogP contribution in [-0.4, -0.2) is 37.7 Å². The number of hydrogen-bond donors (Lipinski definition) is 0. The van der Waals surface area contributed by atoms with Gasteiger partial charge in [-0.2, -0.15) is 13.2 Å². The molecule has 160 valence electrons. The Morgan fingerprint density at radius 3 is 2.28 bits per heavy atom. The van der Waals surface area contributed by atoms with Crippen molar-refractivity contribution in [1.82, 2.24) is 0 Å². The van der Waals surface area contributed by atoms with E-state index in [1.807, 2.05) is 0 Å². The maximum atomic E-state index is 13.2. The summed E-state index contributed by atoms with van der Waals surface area (Å²) in [5.41, 5.74) is -0.514. The summed E-state index contributed by atoms with van der Waals surface area (Å²) in [5.74, 6) is -1.17. The number of nitrogens with zero attached hydrogens (tertiary/aromatic N) is 1. The normalized spacial score (nSPS) is 16.2. The molecular weight excluding hydrogens is 387 g/mol. The van der Waals surface area contributed by atoms with Crippen LogP contribution in [0, 0.1) is 5.92 Å². The number of benzene rings is 1. The third kappa shape index (κ3) is 6.51. The van der Waals surface area contributed by atoms with Gasteiger partial charge in [-0.25, -0.2) is 4.79 Å². The number of hydrogen-bond acceptors (Lipinski definition) is 5. The fourth-order valence-electron chi connectivity index (χ4n) is 3.10. The Morgan fingerprint density at radius 1 is 1.14 bits per heavy atom. The summed E-state index contributed by atoms with van der Waals surface area (Å²) in [6.45, 7) is 6.20. The second kappa shape index (κ2) is 8.88. The van der Waals surface area contributed by atoms with E-state index >= 15 is 0 Å². The van der Waals surface area contributed by atoms with Gasteiger partial charge in [0.05, 0.1) is 18.6 Å². The van der Waals surface area contributed by atoms with Crippen LogP contribution in [0.25, 0.3) is 6.08 Å². The average molecular weight is 413 g/mol. The van der Waals surface area contributed by atoms with Crippen molar-refractivity contribution in [3.05, 3.63) is 35.4 Å². The Bertz CT molecular complexity index is 773. The largest absolute Gasteiger partial charge is 0.466 e. The lowest BCUT2D eigenvalue weighted by molar-refractivity contribution is -0.160. The topological polar surface area (TPSA) is 55.8 Å². The molecule has 0 aromatic heterocycles. The lowest BCUT2D eigenvalue weighted by Crippen LogP contribution is -2.39. The van der Waals surface area contributed by atoms with E-state index in [1.165, 1.54) is 25.3 Å². The smallest absolute Gasteiger partial charge is 0.416 e. The fraction of sp³-hybridized carbons (Fsp3) is 0.524. The van der Waals surface area contributed by atoms with Crippen molar-refractivity contribution in [1.29, 1.82) is 0 Å². The van der Waals surface area contributed by atoms with Crippen LogP contribution in [0.15, 0.2) is 24.3 Å². The van der Waals surface area contributed by atoms with Crippen LogP contribution < -0.4 is 4.90 Å². The number of carbonyl (C=O) groups is 2. The highest BCUT2D eigenvalue weighted by atomic mass is 19.4. The molecule has 8 heteroatoms. The zero-order valence-electron chi connectivity index (χ0n) is 17.0. The van der Waals surface area contributed by atoms with Crippen LogP contribution in [0.1, 0.15) is 44.7 Å². The molecule has 0 aliphatic carbocycles. The lowest BCUT2D eigenvalue weighted by Gasteiger charge is -2.35. The standard InChI is InChI=1S/C21H26F3NO4/c1-20(2,3)29-19(27)15-9-11-25(12-10-15)17-13-16(21(22,23)24)7-5-14(17)6-8-18(26)28-4/h5-8,13,15H,9-12H2,1-4H3/b8-6+. The second-order valence-electron chi connectivity index (χ2n) is 7.92. The lowest BCUT2D eigenvalue weighted by atomic mass is 9.95. The third-order valence-corrected chi connectivity index (χ3v) is 4.53. The van der Waals surface area contributed by atoms with Gasteiger partial charge in [-0.15, -0.1) is 0 Å². The van der Waals surface area contributed by atoms with E-state index in [1.54, 1.807) is 25.7 Å². The van der Waals surface area contributed by atoms with Gasteiger partial charge in [0, 0.05) is 24.9 Å². The monoisotopic (exact) mass is 413 g/mol. The molecule has 0 N–H and O–H groups in total. The maximum Gasteiger partial charge on any atom is 0.416 e. The number of piperidine rings is 1. The van der Waals surface area contributed by atoms with Crippen LogP contribution in [0.2, 0.25) is 0 Å². The highest BCUT2D eigenvalue weighted by Gasteiger charge is 2.33. The van der Waals surface area contributed by atoms with E-state index < -0.39 is 23.3 Å². The summed E-state index contributed by atoms with van der Waals surface area (Å²) in [6.07, 6.45) is -0.925. The van der Waals surface area contributed by atoms with Crippen LogP contribution >= 0.6 is 0 Å². The quantitative estimate of drug-likeness (QED) is 0.539. The van der Waals surface area contributed by atoms with Gasteiger partial charge in [0.25, 0.3) is 0 Å². The summed E-state index contributed by atoms with van der Waals surface area (Å²) in [4.78, 5) is 25.4. The fourth-order valence-corrected chi connectivity index (χ4v) is 3.10. The van der Waals surface area contributed by atoms with E-state index in [-0.39, 0.29) is 11.9 Å². The first-order valence-corrected chi connectivity index (χ1v) is 9.36. The average Bonchev–Trinajstić information content (AvgIpc) is 2.64. The molecule has 5 nitrogen and oxygen atoms in total. The molecule has 2 rings (SSSR count). The first-order chi connectivity index (χ1) is 13.4. The van der Waals surface area contributed by atoms with Gasteiger partial charge in [-0.3, -0.25) is 4.79 Å². The number of esters is 2. The van der Waals surface area contributed by atoms with E-state index in [9.17, 15) is 22.8 Å². The summed E-state index contributed by atoms with van der Waals surface area (Å²) in [7, 11) is 1.22. The van der Waals surface area contributed by atoms with Crippen LogP contribution in [0.5, 0.6) is 0 Å². The zero-order valence-corrected chi connectivity index (χ0v) is 17.0. The molecule has 0 radical (unpaired) electrons. The molecule has 0 unspecified atom stereocenters. The predicted molar refractivity (Wildman–Crippen MR) is 103 cm³/mol. The highest BCUT2D eigenvalue weighted by molar-refractivity contribution is 5.88. The Morgan fingerprint density at radius 2 is 1.76 bits per heavy atom. The van der Waals surface area contributed by atoms with Crippen molar-refractivity contribution in [2.24, 2.45) is 5.92 Å². The highest BCUT2D eigenvalue weighted by Crippen LogP contribution is 2.35. The number of anilines is 1. The molecule has 0 amide bonds. The van der Waals surface area contributed by atoms with Gasteiger partial charge < -0.3 is 14.4 Å². The SMILES string of the molecule is COC(=O)/C=C/c1ccc(C(F)(F)F)cc1N1CCC(C(=O)OC(C)(C)C)CC1. The van der Waals surface area contributed by atoms with Crippen molar-refractivity contribution in [2.75, 3.05) is 25.1 Å². The molecule has 0 spiro atoms. The second-order valence-corrected chi connectivity index (χ2v) is 7.92. The minimum Gasteiger partial charge on any atom is -0.466 e. The first-order valence-electron chi connectivity index (χ1n) is 9.36. The van der Waals surface area contributed by atoms with Gasteiger partial charge in [0.2, 0.25) is 0 Å². The van der Waals surface area contributed by atoms with Crippen molar-refractivity contribution in [2.45, 2.75) is 45.4 Å². The predicted octanol–water partition coefficient (Wildman–Crippen LogP) is 4.45. The number of rotatable bonds is 4. The number of alkyl halides is 3. The number of halogens is 3. The van der Waals surface area contributed by atoms with Gasteiger partial charge >= 0.3 is 18.1 Å². The molecular formula is C21H26F3NO4. The van der Waals surface area contributed by atoms with Crippen molar-refractivity contribution >= 4 is 23.7 Å². The van der Waals surface area contributed by atoms with Gasteiger partial charge in [-0.05, 0) is 57.4 Å². The number of carbonyl (C=O) groups excluding carboxylic acids is 2. The molecule has 0 atom stereocenters. The summed E-state index contributed by atoms with van der Waals surface area (Å²) in [5, 5.41) is 0. The van der Waals surface area contributed by atoms with Crippen LogP contribution in [0.4, 0.5) is 18.9 Å². The molecule has 1 aliphatic heterocycles. The summed E-state index contributed by atoms with van der Waals surface area (Å²) >= 11 is 0. The molecule has 0 bridgehead atoms. The van der Waals surface area contributed by atoms with Gasteiger partial charge in [0.1, 0.15) is 5.60 Å². The van der Waals surface area contributed by atoms with E-state index in [2.05, 4.69) is 4.74 Å². The number of ether oxygens (including phenoxy) is 2. The third-order valence-electron chi connectivity index (χ3n) is 4.53. The van der Waals surface area contributed by atoms with Crippen molar-refractivity contribution < 1.29 is 32.2 Å². The minimum absolute atomic E-state index is 0.285. The van der Waals surface area contributed by atoms with E-state index in [0.29, 0.717) is 37.2 Å². The maximum absolute atomic E-state index is 13.2. The first kappa shape index (κ1) is 22.8. The molecule has 29 heavy (non-hydrogen) atoms. The Kier molecular flexibility index (Phi) is 6.97. The molecule has 1 aromatic carbocycles. The van der Waals surface area contributed by atoms with Crippen molar-refractivity contribution in [3.8, 4) is 0 Å². The molecule has 1 fully saturated rings. The van der Waals surface area contributed by atoms with Gasteiger partial charge in [-0.1, -0.05) is 6.07 Å². The summed E-state index contributed by atoms with van der Waals surface area (Å²) < 4.78 is 49.5. The molecule has 1 aromatic rings.